The summed E-state index contributed by atoms with van der Waals surface area (Å²) in [5.41, 5.74) is 6.26. The molecule has 1 aromatic rings. The van der Waals surface area contributed by atoms with Crippen molar-refractivity contribution in [1.82, 2.24) is 4.31 Å². The number of hydrogen-bond donors (Lipinski definition) is 1. The van der Waals surface area contributed by atoms with E-state index in [1.807, 2.05) is 6.92 Å². The molecule has 0 unspecified atom stereocenters. The van der Waals surface area contributed by atoms with Gasteiger partial charge in [-0.05, 0) is 31.9 Å². The predicted octanol–water partition coefficient (Wildman–Crippen LogP) is 0.881. The van der Waals surface area contributed by atoms with Gasteiger partial charge < -0.3 is 5.73 Å². The number of carbonyl (C=O) groups is 1. The van der Waals surface area contributed by atoms with Crippen molar-refractivity contribution < 1.29 is 13.2 Å². The number of primary amides is 1. The Bertz CT molecular complexity index is 558. The largest absolute Gasteiger partial charge is 0.369 e. The van der Waals surface area contributed by atoms with E-state index in [2.05, 4.69) is 0 Å². The lowest BCUT2D eigenvalue weighted by Crippen LogP contribution is -2.41. The summed E-state index contributed by atoms with van der Waals surface area (Å²) in [4.78, 5) is 11.4. The van der Waals surface area contributed by atoms with Crippen LogP contribution in [0.25, 0.3) is 0 Å². The van der Waals surface area contributed by atoms with Crippen molar-refractivity contribution in [3.63, 3.8) is 0 Å². The highest BCUT2D eigenvalue weighted by Gasteiger charge is 2.31. The normalized spacial score (nSPS) is 18.4. The fourth-order valence-electron chi connectivity index (χ4n) is 2.24. The quantitative estimate of drug-likeness (QED) is 0.893. The van der Waals surface area contributed by atoms with Crippen LogP contribution in [0.5, 0.6) is 0 Å². The lowest BCUT2D eigenvalue weighted by atomic mass is 9.98. The number of piperidine rings is 1. The van der Waals surface area contributed by atoms with E-state index in [-0.39, 0.29) is 11.8 Å². The molecule has 0 aromatic heterocycles. The standard InChI is InChI=1S/C13H18N2O3S/c1-10-2-4-12(5-3-10)19(17,18)15-8-6-11(7-9-15)13(14)16/h2-5,11H,6-9H2,1H3,(H2,14,16). The molecular formula is C13H18N2O3S. The smallest absolute Gasteiger partial charge is 0.243 e. The number of sulfonamides is 1. The Morgan fingerprint density at radius 2 is 1.74 bits per heavy atom. The van der Waals surface area contributed by atoms with E-state index < -0.39 is 10.0 Å². The van der Waals surface area contributed by atoms with E-state index >= 15 is 0 Å². The Labute approximate surface area is 113 Å². The van der Waals surface area contributed by atoms with Crippen LogP contribution in [0, 0.1) is 12.8 Å². The van der Waals surface area contributed by atoms with Crippen LogP contribution in [-0.4, -0.2) is 31.7 Å². The molecular weight excluding hydrogens is 264 g/mol. The summed E-state index contributed by atoms with van der Waals surface area (Å²) in [5.74, 6) is -0.545. The lowest BCUT2D eigenvalue weighted by molar-refractivity contribution is -0.122. The number of rotatable bonds is 3. The number of nitrogens with two attached hydrogens (primary N) is 1. The molecule has 19 heavy (non-hydrogen) atoms. The van der Waals surface area contributed by atoms with Crippen molar-refractivity contribution in [1.29, 1.82) is 0 Å². The molecule has 1 aromatic carbocycles. The highest BCUT2D eigenvalue weighted by Crippen LogP contribution is 2.23. The maximum atomic E-state index is 12.4. The van der Waals surface area contributed by atoms with Gasteiger partial charge in [0.05, 0.1) is 4.90 Å². The topological polar surface area (TPSA) is 80.5 Å². The van der Waals surface area contributed by atoms with Gasteiger partial charge in [0.1, 0.15) is 0 Å². The van der Waals surface area contributed by atoms with Gasteiger partial charge in [-0.2, -0.15) is 4.31 Å². The van der Waals surface area contributed by atoms with Crippen LogP contribution in [0.15, 0.2) is 29.2 Å². The molecule has 5 nitrogen and oxygen atoms in total. The molecule has 1 aliphatic rings. The molecule has 1 aliphatic heterocycles. The summed E-state index contributed by atoms with van der Waals surface area (Å²) >= 11 is 0. The van der Waals surface area contributed by atoms with Crippen molar-refractivity contribution >= 4 is 15.9 Å². The average molecular weight is 282 g/mol. The maximum absolute atomic E-state index is 12.4. The van der Waals surface area contributed by atoms with Crippen molar-refractivity contribution in [2.24, 2.45) is 11.7 Å². The van der Waals surface area contributed by atoms with Crippen LogP contribution >= 0.6 is 0 Å². The van der Waals surface area contributed by atoms with Crippen molar-refractivity contribution in [3.05, 3.63) is 29.8 Å². The summed E-state index contributed by atoms with van der Waals surface area (Å²) in [6, 6.07) is 6.79. The molecule has 0 saturated carbocycles. The van der Waals surface area contributed by atoms with E-state index in [0.717, 1.165) is 5.56 Å². The summed E-state index contributed by atoms with van der Waals surface area (Å²) in [6.07, 6.45) is 1.00. The van der Waals surface area contributed by atoms with Crippen LogP contribution in [0.2, 0.25) is 0 Å². The number of aryl methyl sites for hydroxylation is 1. The van der Waals surface area contributed by atoms with E-state index in [4.69, 9.17) is 5.73 Å². The summed E-state index contributed by atoms with van der Waals surface area (Å²) in [5, 5.41) is 0. The average Bonchev–Trinajstić information content (AvgIpc) is 2.39. The molecule has 0 atom stereocenters. The van der Waals surface area contributed by atoms with Crippen molar-refractivity contribution in [2.45, 2.75) is 24.7 Å². The van der Waals surface area contributed by atoms with E-state index in [0.29, 0.717) is 30.8 Å². The second kappa shape index (κ2) is 5.30. The zero-order valence-corrected chi connectivity index (χ0v) is 11.7. The fraction of sp³-hybridized carbons (Fsp3) is 0.462. The fourth-order valence-corrected chi connectivity index (χ4v) is 3.71. The molecule has 1 fully saturated rings. The van der Waals surface area contributed by atoms with Crippen molar-refractivity contribution in [2.75, 3.05) is 13.1 Å². The summed E-state index contributed by atoms with van der Waals surface area (Å²) in [6.45, 7) is 2.61. The third-order valence-corrected chi connectivity index (χ3v) is 5.43. The number of nitrogens with zero attached hydrogens (tertiary/aromatic N) is 1. The van der Waals surface area contributed by atoms with Gasteiger partial charge in [0.25, 0.3) is 0 Å². The molecule has 0 aliphatic carbocycles. The molecule has 0 radical (unpaired) electrons. The van der Waals surface area contributed by atoms with Crippen molar-refractivity contribution in [3.8, 4) is 0 Å². The highest BCUT2D eigenvalue weighted by atomic mass is 32.2. The Balaban J connectivity index is 2.14. The highest BCUT2D eigenvalue weighted by molar-refractivity contribution is 7.89. The maximum Gasteiger partial charge on any atom is 0.243 e. The Morgan fingerprint density at radius 3 is 2.21 bits per heavy atom. The first-order valence-electron chi connectivity index (χ1n) is 6.27. The molecule has 104 valence electrons. The van der Waals surface area contributed by atoms with Crippen LogP contribution in [0.3, 0.4) is 0 Å². The molecule has 0 bridgehead atoms. The molecule has 1 saturated heterocycles. The first kappa shape index (κ1) is 14.0. The third kappa shape index (κ3) is 2.96. The Morgan fingerprint density at radius 1 is 1.21 bits per heavy atom. The van der Waals surface area contributed by atoms with Gasteiger partial charge in [0.15, 0.2) is 0 Å². The molecule has 1 heterocycles. The minimum Gasteiger partial charge on any atom is -0.369 e. The summed E-state index contributed by atoms with van der Waals surface area (Å²) < 4.78 is 26.2. The number of hydrogen-bond acceptors (Lipinski definition) is 3. The monoisotopic (exact) mass is 282 g/mol. The Kier molecular flexibility index (Phi) is 3.91. The first-order valence-corrected chi connectivity index (χ1v) is 7.71. The minimum absolute atomic E-state index is 0.204. The predicted molar refractivity (Wildman–Crippen MR) is 71.9 cm³/mol. The van der Waals surface area contributed by atoms with Crippen LogP contribution in [-0.2, 0) is 14.8 Å². The van der Waals surface area contributed by atoms with Gasteiger partial charge in [-0.3, -0.25) is 4.79 Å². The number of carbonyl (C=O) groups excluding carboxylic acids is 1. The van der Waals surface area contributed by atoms with Gasteiger partial charge in [-0.25, -0.2) is 8.42 Å². The summed E-state index contributed by atoms with van der Waals surface area (Å²) in [7, 11) is -3.45. The van der Waals surface area contributed by atoms with E-state index in [1.54, 1.807) is 24.3 Å². The molecule has 0 spiro atoms. The first-order chi connectivity index (χ1) is 8.91. The van der Waals surface area contributed by atoms with Gasteiger partial charge in [-0.1, -0.05) is 17.7 Å². The molecule has 2 rings (SSSR count). The van der Waals surface area contributed by atoms with Gasteiger partial charge in [0.2, 0.25) is 15.9 Å². The molecule has 6 heteroatoms. The van der Waals surface area contributed by atoms with Crippen LogP contribution in [0.1, 0.15) is 18.4 Å². The second-order valence-electron chi connectivity index (χ2n) is 4.89. The lowest BCUT2D eigenvalue weighted by Gasteiger charge is -2.29. The van der Waals surface area contributed by atoms with Gasteiger partial charge >= 0.3 is 0 Å². The van der Waals surface area contributed by atoms with Gasteiger partial charge in [-0.15, -0.1) is 0 Å². The van der Waals surface area contributed by atoms with E-state index in [1.165, 1.54) is 4.31 Å². The zero-order chi connectivity index (χ0) is 14.0. The SMILES string of the molecule is Cc1ccc(S(=O)(=O)N2CCC(C(N)=O)CC2)cc1. The second-order valence-corrected chi connectivity index (χ2v) is 6.83. The molecule has 2 N–H and O–H groups in total. The van der Waals surface area contributed by atoms with Crippen LogP contribution in [0.4, 0.5) is 0 Å². The van der Waals surface area contributed by atoms with Crippen LogP contribution < -0.4 is 5.73 Å². The molecule has 1 amide bonds. The Hall–Kier alpha value is -1.40. The third-order valence-electron chi connectivity index (χ3n) is 3.52. The number of amides is 1. The van der Waals surface area contributed by atoms with Gasteiger partial charge in [0, 0.05) is 19.0 Å². The number of benzene rings is 1. The zero-order valence-electron chi connectivity index (χ0n) is 10.9. The van der Waals surface area contributed by atoms with E-state index in [9.17, 15) is 13.2 Å². The minimum atomic E-state index is -3.45.